The zero-order valence-electron chi connectivity index (χ0n) is 17.8. The smallest absolute Gasteiger partial charge is 0.339 e. The number of anilines is 1. The van der Waals surface area contributed by atoms with Crippen molar-refractivity contribution in [3.8, 4) is 5.75 Å². The Morgan fingerprint density at radius 3 is 1.97 bits per heavy atom. The summed E-state index contributed by atoms with van der Waals surface area (Å²) in [6, 6.07) is 6.80. The van der Waals surface area contributed by atoms with E-state index in [4.69, 9.17) is 28.4 Å². The van der Waals surface area contributed by atoms with E-state index in [1.54, 1.807) is 31.3 Å². The van der Waals surface area contributed by atoms with Crippen LogP contribution in [0.15, 0.2) is 24.3 Å². The van der Waals surface area contributed by atoms with Crippen LogP contribution >= 0.6 is 0 Å². The minimum absolute atomic E-state index is 0.309. The summed E-state index contributed by atoms with van der Waals surface area (Å²) in [5, 5.41) is 2.93. The Kier molecular flexibility index (Phi) is 8.20. The normalized spacial score (nSPS) is 25.0. The molecule has 0 bridgehead atoms. The van der Waals surface area contributed by atoms with Crippen molar-refractivity contribution in [2.24, 2.45) is 0 Å². The number of ether oxygens (including phenoxy) is 6. The van der Waals surface area contributed by atoms with Crippen molar-refractivity contribution in [3.63, 3.8) is 0 Å². The molecule has 2 rings (SSSR count). The highest BCUT2D eigenvalue weighted by atomic mass is 16.7. The second-order valence-corrected chi connectivity index (χ2v) is 6.53. The Labute approximate surface area is 178 Å². The molecule has 0 aromatic heterocycles. The van der Waals surface area contributed by atoms with E-state index < -0.39 is 54.6 Å². The zero-order valence-corrected chi connectivity index (χ0v) is 17.8. The van der Waals surface area contributed by atoms with Crippen LogP contribution in [0.5, 0.6) is 5.75 Å². The Morgan fingerprint density at radius 2 is 1.42 bits per heavy atom. The number of esters is 4. The van der Waals surface area contributed by atoms with Crippen LogP contribution in [0.3, 0.4) is 0 Å². The summed E-state index contributed by atoms with van der Waals surface area (Å²) in [5.74, 6) is -2.87. The Morgan fingerprint density at radius 1 is 0.871 bits per heavy atom. The van der Waals surface area contributed by atoms with Crippen molar-refractivity contribution >= 4 is 29.6 Å². The predicted molar refractivity (Wildman–Crippen MR) is 104 cm³/mol. The van der Waals surface area contributed by atoms with Crippen LogP contribution in [0.2, 0.25) is 0 Å². The Hall–Kier alpha value is -3.34. The van der Waals surface area contributed by atoms with Crippen LogP contribution in [-0.4, -0.2) is 68.7 Å². The molecule has 1 fully saturated rings. The highest BCUT2D eigenvalue weighted by Gasteiger charge is 2.55. The van der Waals surface area contributed by atoms with E-state index in [2.05, 4.69) is 5.32 Å². The minimum atomic E-state index is -1.52. The van der Waals surface area contributed by atoms with E-state index in [-0.39, 0.29) is 0 Å². The fraction of sp³-hybridized carbons (Fsp3) is 0.500. The number of hydrogen-bond acceptors (Lipinski definition) is 11. The molecule has 1 aliphatic rings. The summed E-state index contributed by atoms with van der Waals surface area (Å²) in [6.07, 6.45) is -7.14. The number of carbonyl (C=O) groups excluding carboxylic acids is 4. The molecular formula is C20H25NO10. The number of methoxy groups -OCH3 is 1. The molecule has 0 saturated carbocycles. The van der Waals surface area contributed by atoms with Gasteiger partial charge < -0.3 is 33.7 Å². The van der Waals surface area contributed by atoms with Gasteiger partial charge in [-0.15, -0.1) is 0 Å². The van der Waals surface area contributed by atoms with Crippen LogP contribution in [0.4, 0.5) is 5.69 Å². The SMILES string of the molecule is CNc1ccccc1O[C@@H]1O[C@H](C(=O)OC)[C@@H](OC(C)=O)[C@H](OC(C)=O)[C@H]1OC(C)=O. The van der Waals surface area contributed by atoms with Gasteiger partial charge in [-0.2, -0.15) is 0 Å². The lowest BCUT2D eigenvalue weighted by Crippen LogP contribution is -2.64. The first-order valence-corrected chi connectivity index (χ1v) is 9.36. The van der Waals surface area contributed by atoms with Crippen molar-refractivity contribution in [2.45, 2.75) is 51.5 Å². The first-order chi connectivity index (χ1) is 14.7. The third-order valence-electron chi connectivity index (χ3n) is 4.23. The van der Waals surface area contributed by atoms with Gasteiger partial charge in [0.05, 0.1) is 12.8 Å². The highest BCUT2D eigenvalue weighted by molar-refractivity contribution is 5.77. The molecule has 0 unspecified atom stereocenters. The summed E-state index contributed by atoms with van der Waals surface area (Å²) < 4.78 is 32.1. The molecule has 0 spiro atoms. The summed E-state index contributed by atoms with van der Waals surface area (Å²) >= 11 is 0. The van der Waals surface area contributed by atoms with Crippen LogP contribution in [0, 0.1) is 0 Å². The fourth-order valence-electron chi connectivity index (χ4n) is 3.08. The Balaban J connectivity index is 2.52. The number of nitrogens with one attached hydrogen (secondary N) is 1. The largest absolute Gasteiger partial charge is 0.467 e. The second kappa shape index (κ2) is 10.6. The molecule has 5 atom stereocenters. The van der Waals surface area contributed by atoms with Gasteiger partial charge in [-0.3, -0.25) is 14.4 Å². The Bertz CT molecular complexity index is 826. The van der Waals surface area contributed by atoms with Gasteiger partial charge in [-0.1, -0.05) is 12.1 Å². The van der Waals surface area contributed by atoms with Gasteiger partial charge in [0.15, 0.2) is 18.3 Å². The molecule has 1 aromatic carbocycles. The topological polar surface area (TPSA) is 136 Å². The lowest BCUT2D eigenvalue weighted by Gasteiger charge is -2.43. The molecule has 0 amide bonds. The molecule has 31 heavy (non-hydrogen) atoms. The van der Waals surface area contributed by atoms with Gasteiger partial charge in [0.2, 0.25) is 12.4 Å². The van der Waals surface area contributed by atoms with Gasteiger partial charge in [0.25, 0.3) is 0 Å². The van der Waals surface area contributed by atoms with Gasteiger partial charge in [0, 0.05) is 27.8 Å². The van der Waals surface area contributed by atoms with E-state index in [0.29, 0.717) is 11.4 Å². The molecule has 1 heterocycles. The van der Waals surface area contributed by atoms with E-state index in [9.17, 15) is 19.2 Å². The second-order valence-electron chi connectivity index (χ2n) is 6.53. The minimum Gasteiger partial charge on any atom is -0.467 e. The van der Waals surface area contributed by atoms with Crippen LogP contribution in [0.1, 0.15) is 20.8 Å². The van der Waals surface area contributed by atoms with E-state index in [0.717, 1.165) is 27.9 Å². The molecular weight excluding hydrogens is 414 g/mol. The number of hydrogen-bond donors (Lipinski definition) is 1. The van der Waals surface area contributed by atoms with E-state index in [1.165, 1.54) is 0 Å². The van der Waals surface area contributed by atoms with Crippen molar-refractivity contribution in [2.75, 3.05) is 19.5 Å². The van der Waals surface area contributed by atoms with Gasteiger partial charge >= 0.3 is 23.9 Å². The highest BCUT2D eigenvalue weighted by Crippen LogP contribution is 2.33. The molecule has 0 radical (unpaired) electrons. The molecule has 170 valence electrons. The van der Waals surface area contributed by atoms with Crippen LogP contribution in [-0.2, 0) is 42.9 Å². The first-order valence-electron chi connectivity index (χ1n) is 9.36. The average Bonchev–Trinajstić information content (AvgIpc) is 2.70. The summed E-state index contributed by atoms with van der Waals surface area (Å²) in [7, 11) is 2.78. The molecule has 1 saturated heterocycles. The number of para-hydroxylation sites is 2. The monoisotopic (exact) mass is 439 g/mol. The third-order valence-corrected chi connectivity index (χ3v) is 4.23. The summed E-state index contributed by atoms with van der Waals surface area (Å²) in [5.41, 5.74) is 0.577. The van der Waals surface area contributed by atoms with Crippen molar-refractivity contribution < 1.29 is 47.6 Å². The van der Waals surface area contributed by atoms with Crippen molar-refractivity contribution in [3.05, 3.63) is 24.3 Å². The number of carbonyl (C=O) groups is 4. The summed E-state index contributed by atoms with van der Waals surface area (Å²) in [6.45, 7) is 3.35. The quantitative estimate of drug-likeness (QED) is 0.477. The van der Waals surface area contributed by atoms with E-state index in [1.807, 2.05) is 0 Å². The lowest BCUT2D eigenvalue weighted by atomic mass is 9.97. The third kappa shape index (κ3) is 6.07. The summed E-state index contributed by atoms with van der Waals surface area (Å²) in [4.78, 5) is 47.6. The van der Waals surface area contributed by atoms with Crippen molar-refractivity contribution in [1.29, 1.82) is 0 Å². The molecule has 11 nitrogen and oxygen atoms in total. The number of rotatable bonds is 7. The maximum atomic E-state index is 12.4. The van der Waals surface area contributed by atoms with Gasteiger partial charge in [0.1, 0.15) is 5.75 Å². The van der Waals surface area contributed by atoms with Crippen molar-refractivity contribution in [1.82, 2.24) is 0 Å². The van der Waals surface area contributed by atoms with Crippen LogP contribution in [0.25, 0.3) is 0 Å². The van der Waals surface area contributed by atoms with Gasteiger partial charge in [-0.25, -0.2) is 4.79 Å². The van der Waals surface area contributed by atoms with Crippen LogP contribution < -0.4 is 10.1 Å². The molecule has 1 N–H and O–H groups in total. The number of benzene rings is 1. The van der Waals surface area contributed by atoms with E-state index >= 15 is 0 Å². The molecule has 1 aliphatic heterocycles. The molecule has 1 aromatic rings. The lowest BCUT2D eigenvalue weighted by molar-refractivity contribution is -0.282. The standard InChI is InChI=1S/C20H25NO10/c1-10(22)27-15-16(28-11(2)23)18(29-12(3)24)20(31-17(15)19(25)26-5)30-14-9-7-6-8-13(14)21-4/h6-9,15-18,20-21H,1-5H3/t15-,16-,17-,18+,20+/m0/s1. The maximum absolute atomic E-state index is 12.4. The zero-order chi connectivity index (χ0) is 23.1. The molecule has 11 heteroatoms. The molecule has 0 aliphatic carbocycles. The average molecular weight is 439 g/mol. The van der Waals surface area contributed by atoms with Gasteiger partial charge in [-0.05, 0) is 12.1 Å². The fourth-order valence-corrected chi connectivity index (χ4v) is 3.08. The first kappa shape index (κ1) is 23.9. The maximum Gasteiger partial charge on any atom is 0.339 e. The predicted octanol–water partition coefficient (Wildman–Crippen LogP) is 0.800.